The van der Waals surface area contributed by atoms with E-state index in [9.17, 15) is 19.8 Å². The summed E-state index contributed by atoms with van der Waals surface area (Å²) in [6.45, 7) is 1.89. The summed E-state index contributed by atoms with van der Waals surface area (Å²) in [6, 6.07) is 16.2. The highest BCUT2D eigenvalue weighted by molar-refractivity contribution is 5.94. The van der Waals surface area contributed by atoms with Gasteiger partial charge in [-0.3, -0.25) is 9.59 Å². The summed E-state index contributed by atoms with van der Waals surface area (Å²) in [6.07, 6.45) is 0. The molecule has 0 aliphatic carbocycles. The maximum Gasteiger partial charge on any atom is 0.318 e. The van der Waals surface area contributed by atoms with Crippen LogP contribution in [-0.4, -0.2) is 22.2 Å². The molecule has 2 aromatic rings. The van der Waals surface area contributed by atoms with Gasteiger partial charge in [0.05, 0.1) is 0 Å². The molecule has 0 radical (unpaired) electrons. The smallest absolute Gasteiger partial charge is 0.318 e. The molecule has 2 rings (SSSR count). The standard InChI is InChI=1S/C17H16O4/c1-11-6-5-9-13(10-11)14(12-7-3-2-4-8-12)15(16(18)19)17(20)21/h2-10,14-15H,1H3,(H,18,19)(H,20,21)/t14-/m0/s1. The van der Waals surface area contributed by atoms with Gasteiger partial charge in [0.15, 0.2) is 5.92 Å². The Labute approximate surface area is 122 Å². The summed E-state index contributed by atoms with van der Waals surface area (Å²) < 4.78 is 0. The highest BCUT2D eigenvalue weighted by Gasteiger charge is 2.36. The van der Waals surface area contributed by atoms with Crippen LogP contribution in [0.15, 0.2) is 54.6 Å². The van der Waals surface area contributed by atoms with Crippen molar-refractivity contribution in [2.75, 3.05) is 0 Å². The van der Waals surface area contributed by atoms with E-state index in [0.29, 0.717) is 11.1 Å². The number of rotatable bonds is 5. The molecule has 4 nitrogen and oxygen atoms in total. The molecule has 0 amide bonds. The molecule has 2 N–H and O–H groups in total. The monoisotopic (exact) mass is 284 g/mol. The molecule has 0 heterocycles. The summed E-state index contributed by atoms with van der Waals surface area (Å²) in [5.74, 6) is -4.91. The largest absolute Gasteiger partial charge is 0.481 e. The van der Waals surface area contributed by atoms with Gasteiger partial charge in [0.25, 0.3) is 0 Å². The lowest BCUT2D eigenvalue weighted by Crippen LogP contribution is -2.30. The summed E-state index contributed by atoms with van der Waals surface area (Å²) in [5.41, 5.74) is 2.33. The highest BCUT2D eigenvalue weighted by atomic mass is 16.4. The predicted octanol–water partition coefficient (Wildman–Crippen LogP) is 2.91. The van der Waals surface area contributed by atoms with E-state index >= 15 is 0 Å². The Kier molecular flexibility index (Phi) is 4.38. The Bertz CT molecular complexity index is 635. The van der Waals surface area contributed by atoms with Gasteiger partial charge >= 0.3 is 11.9 Å². The van der Waals surface area contributed by atoms with Gasteiger partial charge in [-0.05, 0) is 18.1 Å². The molecule has 0 spiro atoms. The van der Waals surface area contributed by atoms with Crippen molar-refractivity contribution in [2.45, 2.75) is 12.8 Å². The summed E-state index contributed by atoms with van der Waals surface area (Å²) >= 11 is 0. The second-order valence-corrected chi connectivity index (χ2v) is 4.96. The molecule has 0 saturated heterocycles. The van der Waals surface area contributed by atoms with Crippen LogP contribution in [0, 0.1) is 12.8 Å². The van der Waals surface area contributed by atoms with E-state index in [1.807, 2.05) is 25.1 Å². The van der Waals surface area contributed by atoms with Gasteiger partial charge in [-0.25, -0.2) is 0 Å². The van der Waals surface area contributed by atoms with Crippen LogP contribution in [-0.2, 0) is 9.59 Å². The number of carboxylic acid groups (broad SMARTS) is 2. The van der Waals surface area contributed by atoms with Gasteiger partial charge in [0.2, 0.25) is 0 Å². The van der Waals surface area contributed by atoms with Crippen molar-refractivity contribution in [2.24, 2.45) is 5.92 Å². The topological polar surface area (TPSA) is 74.6 Å². The Balaban J connectivity index is 2.59. The number of hydrogen-bond donors (Lipinski definition) is 2. The molecule has 0 aliphatic heterocycles. The fourth-order valence-electron chi connectivity index (χ4n) is 2.49. The molecule has 108 valence electrons. The molecule has 0 saturated carbocycles. The molecular weight excluding hydrogens is 268 g/mol. The van der Waals surface area contributed by atoms with E-state index in [4.69, 9.17) is 0 Å². The van der Waals surface area contributed by atoms with E-state index in [2.05, 4.69) is 0 Å². The highest BCUT2D eigenvalue weighted by Crippen LogP contribution is 2.33. The summed E-state index contributed by atoms with van der Waals surface area (Å²) in [4.78, 5) is 22.9. The van der Waals surface area contributed by atoms with Crippen molar-refractivity contribution in [3.63, 3.8) is 0 Å². The zero-order valence-corrected chi connectivity index (χ0v) is 11.6. The Morgan fingerprint density at radius 3 is 1.95 bits per heavy atom. The zero-order chi connectivity index (χ0) is 15.4. The lowest BCUT2D eigenvalue weighted by molar-refractivity contribution is -0.155. The van der Waals surface area contributed by atoms with Gasteiger partial charge in [-0.2, -0.15) is 0 Å². The Morgan fingerprint density at radius 2 is 1.43 bits per heavy atom. The SMILES string of the molecule is Cc1cccc([C@H](c2ccccc2)C(C(=O)O)C(=O)O)c1. The quantitative estimate of drug-likeness (QED) is 0.828. The van der Waals surface area contributed by atoms with Crippen molar-refractivity contribution in [3.05, 3.63) is 71.3 Å². The first-order valence-electron chi connectivity index (χ1n) is 6.58. The van der Waals surface area contributed by atoms with Crippen LogP contribution in [0.4, 0.5) is 0 Å². The summed E-state index contributed by atoms with van der Waals surface area (Å²) in [7, 11) is 0. The van der Waals surface area contributed by atoms with E-state index in [1.165, 1.54) is 0 Å². The van der Waals surface area contributed by atoms with E-state index in [0.717, 1.165) is 5.56 Å². The first-order valence-corrected chi connectivity index (χ1v) is 6.58. The third kappa shape index (κ3) is 3.28. The zero-order valence-electron chi connectivity index (χ0n) is 11.6. The van der Waals surface area contributed by atoms with E-state index in [-0.39, 0.29) is 0 Å². The minimum absolute atomic E-state index is 0.679. The van der Waals surface area contributed by atoms with Crippen molar-refractivity contribution < 1.29 is 19.8 Å². The van der Waals surface area contributed by atoms with Crippen LogP contribution in [0.2, 0.25) is 0 Å². The molecule has 1 atom stereocenters. The average molecular weight is 284 g/mol. The van der Waals surface area contributed by atoms with Crippen LogP contribution >= 0.6 is 0 Å². The minimum atomic E-state index is -1.52. The van der Waals surface area contributed by atoms with Crippen molar-refractivity contribution in [1.29, 1.82) is 0 Å². The fourth-order valence-corrected chi connectivity index (χ4v) is 2.49. The molecule has 0 aliphatic rings. The Morgan fingerprint density at radius 1 is 0.857 bits per heavy atom. The first kappa shape index (κ1) is 14.8. The molecule has 0 aromatic heterocycles. The summed E-state index contributed by atoms with van der Waals surface area (Å²) in [5, 5.41) is 18.7. The van der Waals surface area contributed by atoms with E-state index < -0.39 is 23.8 Å². The second kappa shape index (κ2) is 6.22. The number of benzene rings is 2. The first-order chi connectivity index (χ1) is 10.0. The lowest BCUT2D eigenvalue weighted by atomic mass is 9.80. The number of carbonyl (C=O) groups is 2. The fraction of sp³-hybridized carbons (Fsp3) is 0.176. The van der Waals surface area contributed by atoms with Crippen molar-refractivity contribution in [3.8, 4) is 0 Å². The second-order valence-electron chi connectivity index (χ2n) is 4.96. The van der Waals surface area contributed by atoms with Crippen LogP contribution in [0.3, 0.4) is 0 Å². The van der Waals surface area contributed by atoms with Crippen LogP contribution in [0.25, 0.3) is 0 Å². The number of aliphatic carboxylic acids is 2. The number of carboxylic acids is 2. The maximum absolute atomic E-state index is 11.4. The van der Waals surface area contributed by atoms with Crippen molar-refractivity contribution >= 4 is 11.9 Å². The Hall–Kier alpha value is -2.62. The van der Waals surface area contributed by atoms with Crippen LogP contribution < -0.4 is 0 Å². The molecule has 0 bridgehead atoms. The third-order valence-corrected chi connectivity index (χ3v) is 3.43. The molecule has 2 aromatic carbocycles. The average Bonchev–Trinajstić information content (AvgIpc) is 2.44. The minimum Gasteiger partial charge on any atom is -0.481 e. The normalized spacial score (nSPS) is 12.1. The molecule has 0 unspecified atom stereocenters. The molecular formula is C17H16O4. The maximum atomic E-state index is 11.4. The van der Waals surface area contributed by atoms with Gasteiger partial charge in [-0.15, -0.1) is 0 Å². The third-order valence-electron chi connectivity index (χ3n) is 3.43. The van der Waals surface area contributed by atoms with Gasteiger partial charge < -0.3 is 10.2 Å². The van der Waals surface area contributed by atoms with Gasteiger partial charge in [-0.1, -0.05) is 60.2 Å². The number of hydrogen-bond acceptors (Lipinski definition) is 2. The van der Waals surface area contributed by atoms with Gasteiger partial charge in [0.1, 0.15) is 0 Å². The van der Waals surface area contributed by atoms with Crippen molar-refractivity contribution in [1.82, 2.24) is 0 Å². The van der Waals surface area contributed by atoms with E-state index in [1.54, 1.807) is 36.4 Å². The molecule has 4 heteroatoms. The number of aryl methyl sites for hydroxylation is 1. The van der Waals surface area contributed by atoms with Crippen LogP contribution in [0.5, 0.6) is 0 Å². The van der Waals surface area contributed by atoms with Crippen LogP contribution in [0.1, 0.15) is 22.6 Å². The molecule has 0 fully saturated rings. The predicted molar refractivity (Wildman–Crippen MR) is 78.2 cm³/mol. The molecule has 21 heavy (non-hydrogen) atoms. The lowest BCUT2D eigenvalue weighted by Gasteiger charge is -2.22. The van der Waals surface area contributed by atoms with Gasteiger partial charge in [0, 0.05) is 5.92 Å².